The SMILES string of the molecule is CCc1ccc(S(=O)(=O)NCCSc2ccc(OC(F)(F)F)cc2)cc1C(=O)OC.[HH]. The molecule has 0 aliphatic carbocycles. The maximum absolute atomic E-state index is 12.5. The first-order valence-corrected chi connectivity index (χ1v) is 11.2. The number of carbonyl (C=O) groups excluding carboxylic acids is 1. The third kappa shape index (κ3) is 6.92. The first-order chi connectivity index (χ1) is 14.1. The van der Waals surface area contributed by atoms with E-state index in [1.165, 1.54) is 55.3 Å². The standard InChI is InChI=1S/C19H20F3NO5S2.H2/c1-3-13-4-9-16(12-17(13)18(24)27-2)30(25,26)23-10-11-29-15-7-5-14(6-8-15)28-19(20,21)22;/h4-9,12,23H,3,10-11H2,1-2H3;1H. The van der Waals surface area contributed by atoms with Crippen LogP contribution in [0.15, 0.2) is 52.3 Å². The molecule has 0 bridgehead atoms. The van der Waals surface area contributed by atoms with Gasteiger partial charge in [0.15, 0.2) is 0 Å². The second-order valence-corrected chi connectivity index (χ2v) is 8.86. The molecule has 2 aromatic carbocycles. The van der Waals surface area contributed by atoms with Gasteiger partial charge in [-0.15, -0.1) is 24.9 Å². The van der Waals surface area contributed by atoms with E-state index in [1.54, 1.807) is 6.07 Å². The molecule has 1 N–H and O–H groups in total. The lowest BCUT2D eigenvalue weighted by Gasteiger charge is -2.11. The molecule has 0 unspecified atom stereocenters. The van der Waals surface area contributed by atoms with E-state index in [9.17, 15) is 26.4 Å². The van der Waals surface area contributed by atoms with Crippen molar-refractivity contribution in [3.8, 4) is 5.75 Å². The number of nitrogens with one attached hydrogen (secondary N) is 1. The minimum Gasteiger partial charge on any atom is -0.465 e. The minimum atomic E-state index is -4.75. The summed E-state index contributed by atoms with van der Waals surface area (Å²) in [4.78, 5) is 12.5. The van der Waals surface area contributed by atoms with Crippen molar-refractivity contribution in [2.24, 2.45) is 0 Å². The molecule has 2 rings (SSSR count). The van der Waals surface area contributed by atoms with Gasteiger partial charge in [-0.05, 0) is 48.4 Å². The number of esters is 1. The molecule has 0 aromatic heterocycles. The largest absolute Gasteiger partial charge is 0.573 e. The normalized spacial score (nSPS) is 11.9. The Labute approximate surface area is 178 Å². The molecule has 11 heteroatoms. The summed E-state index contributed by atoms with van der Waals surface area (Å²) in [6, 6.07) is 9.53. The van der Waals surface area contributed by atoms with Crippen LogP contribution in [0.4, 0.5) is 13.2 Å². The Kier molecular flexibility index (Phi) is 8.16. The fraction of sp³-hybridized carbons (Fsp3) is 0.316. The van der Waals surface area contributed by atoms with E-state index < -0.39 is 22.4 Å². The van der Waals surface area contributed by atoms with Gasteiger partial charge >= 0.3 is 12.3 Å². The van der Waals surface area contributed by atoms with Crippen molar-refractivity contribution in [2.45, 2.75) is 29.5 Å². The molecule has 0 fully saturated rings. The fourth-order valence-corrected chi connectivity index (χ4v) is 4.45. The van der Waals surface area contributed by atoms with Gasteiger partial charge in [-0.2, -0.15) is 0 Å². The van der Waals surface area contributed by atoms with E-state index in [2.05, 4.69) is 9.46 Å². The second kappa shape index (κ2) is 10.2. The summed E-state index contributed by atoms with van der Waals surface area (Å²) in [6.07, 6.45) is -4.21. The quantitative estimate of drug-likeness (QED) is 0.339. The lowest BCUT2D eigenvalue weighted by molar-refractivity contribution is -0.274. The molecule has 0 heterocycles. The number of hydrogen-bond acceptors (Lipinski definition) is 6. The molecular weight excluding hydrogens is 443 g/mol. The Morgan fingerprint density at radius 3 is 2.40 bits per heavy atom. The Bertz CT molecular complexity index is 983. The first-order valence-electron chi connectivity index (χ1n) is 8.75. The number of sulfonamides is 1. The van der Waals surface area contributed by atoms with E-state index in [1.807, 2.05) is 6.92 Å². The molecule has 0 radical (unpaired) electrons. The smallest absolute Gasteiger partial charge is 0.465 e. The van der Waals surface area contributed by atoms with Crippen LogP contribution in [-0.4, -0.2) is 40.2 Å². The molecular formula is C19H22F3NO5S2. The topological polar surface area (TPSA) is 81.7 Å². The summed E-state index contributed by atoms with van der Waals surface area (Å²) in [7, 11) is -2.62. The number of aryl methyl sites for hydroxylation is 1. The van der Waals surface area contributed by atoms with E-state index in [4.69, 9.17) is 4.74 Å². The highest BCUT2D eigenvalue weighted by molar-refractivity contribution is 7.99. The van der Waals surface area contributed by atoms with Crippen molar-refractivity contribution in [3.63, 3.8) is 0 Å². The highest BCUT2D eigenvalue weighted by atomic mass is 32.2. The van der Waals surface area contributed by atoms with Gasteiger partial charge in [0.2, 0.25) is 10.0 Å². The van der Waals surface area contributed by atoms with Crippen LogP contribution in [0.3, 0.4) is 0 Å². The number of carbonyl (C=O) groups is 1. The molecule has 0 aliphatic heterocycles. The van der Waals surface area contributed by atoms with Crippen molar-refractivity contribution < 1.29 is 37.3 Å². The third-order valence-corrected chi connectivity index (χ3v) is 6.37. The van der Waals surface area contributed by atoms with Gasteiger partial charge in [-0.3, -0.25) is 0 Å². The van der Waals surface area contributed by atoms with Crippen molar-refractivity contribution >= 4 is 27.8 Å². The van der Waals surface area contributed by atoms with Crippen molar-refractivity contribution in [3.05, 3.63) is 53.6 Å². The summed E-state index contributed by atoms with van der Waals surface area (Å²) in [5.74, 6) is -0.600. The van der Waals surface area contributed by atoms with E-state index >= 15 is 0 Å². The number of benzene rings is 2. The summed E-state index contributed by atoms with van der Waals surface area (Å²) in [6.45, 7) is 1.92. The van der Waals surface area contributed by atoms with Crippen molar-refractivity contribution in [1.82, 2.24) is 4.72 Å². The number of rotatable bonds is 9. The van der Waals surface area contributed by atoms with Gasteiger partial charge in [0, 0.05) is 18.6 Å². The van der Waals surface area contributed by atoms with Gasteiger partial charge < -0.3 is 9.47 Å². The lowest BCUT2D eigenvalue weighted by Crippen LogP contribution is -2.26. The summed E-state index contributed by atoms with van der Waals surface area (Å²) in [5.41, 5.74) is 0.868. The number of ether oxygens (including phenoxy) is 2. The van der Waals surface area contributed by atoms with Gasteiger partial charge in [-0.25, -0.2) is 17.9 Å². The molecule has 0 atom stereocenters. The van der Waals surface area contributed by atoms with E-state index in [-0.39, 0.29) is 24.2 Å². The molecule has 6 nitrogen and oxygen atoms in total. The Hall–Kier alpha value is -2.24. The molecule has 166 valence electrons. The molecule has 0 aliphatic rings. The number of thioether (sulfide) groups is 1. The monoisotopic (exact) mass is 465 g/mol. The zero-order chi connectivity index (χ0) is 22.4. The summed E-state index contributed by atoms with van der Waals surface area (Å²) >= 11 is 1.26. The Balaban J connectivity index is 0.00000480. The predicted molar refractivity (Wildman–Crippen MR) is 108 cm³/mol. The van der Waals surface area contributed by atoms with E-state index in [0.29, 0.717) is 22.6 Å². The molecule has 2 aromatic rings. The van der Waals surface area contributed by atoms with Crippen LogP contribution < -0.4 is 9.46 Å². The van der Waals surface area contributed by atoms with Gasteiger partial charge in [-0.1, -0.05) is 13.0 Å². The van der Waals surface area contributed by atoms with E-state index in [0.717, 1.165) is 0 Å². The van der Waals surface area contributed by atoms with Crippen molar-refractivity contribution in [2.75, 3.05) is 19.4 Å². The number of halogens is 3. The molecule has 0 saturated carbocycles. The van der Waals surface area contributed by atoms with Crippen LogP contribution in [0.5, 0.6) is 5.75 Å². The summed E-state index contributed by atoms with van der Waals surface area (Å²) in [5, 5.41) is 0. The average Bonchev–Trinajstić information content (AvgIpc) is 2.70. The van der Waals surface area contributed by atoms with Crippen molar-refractivity contribution in [1.29, 1.82) is 0 Å². The molecule has 30 heavy (non-hydrogen) atoms. The third-order valence-electron chi connectivity index (χ3n) is 3.90. The predicted octanol–water partition coefficient (Wildman–Crippen LogP) is 4.25. The average molecular weight is 466 g/mol. The zero-order valence-corrected chi connectivity index (χ0v) is 17.8. The highest BCUT2D eigenvalue weighted by Crippen LogP contribution is 2.26. The van der Waals surface area contributed by atoms with Gasteiger partial charge in [0.1, 0.15) is 5.75 Å². The number of methoxy groups -OCH3 is 1. The zero-order valence-electron chi connectivity index (χ0n) is 16.2. The molecule has 0 saturated heterocycles. The first kappa shape index (κ1) is 24.0. The fourth-order valence-electron chi connectivity index (χ4n) is 2.50. The van der Waals surface area contributed by atoms with Crippen LogP contribution in [0, 0.1) is 0 Å². The summed E-state index contributed by atoms with van der Waals surface area (Å²) < 4.78 is 72.4. The lowest BCUT2D eigenvalue weighted by atomic mass is 10.1. The van der Waals surface area contributed by atoms with Crippen LogP contribution in [0.2, 0.25) is 0 Å². The Morgan fingerprint density at radius 1 is 1.17 bits per heavy atom. The molecule has 0 spiro atoms. The second-order valence-electron chi connectivity index (χ2n) is 5.93. The van der Waals surface area contributed by atoms with Crippen LogP contribution in [-0.2, 0) is 21.2 Å². The maximum atomic E-state index is 12.5. The highest BCUT2D eigenvalue weighted by Gasteiger charge is 2.30. The molecule has 0 amide bonds. The Morgan fingerprint density at radius 2 is 1.83 bits per heavy atom. The number of alkyl halides is 3. The van der Waals surface area contributed by atoms with Gasteiger partial charge in [0.25, 0.3) is 0 Å². The van der Waals surface area contributed by atoms with Gasteiger partial charge in [0.05, 0.1) is 17.6 Å². The van der Waals surface area contributed by atoms with Crippen LogP contribution in [0.25, 0.3) is 0 Å². The number of hydrogen-bond donors (Lipinski definition) is 1. The minimum absolute atomic E-state index is 0. The van der Waals surface area contributed by atoms with Crippen LogP contribution in [0.1, 0.15) is 24.3 Å². The van der Waals surface area contributed by atoms with Crippen LogP contribution >= 0.6 is 11.8 Å². The maximum Gasteiger partial charge on any atom is 0.573 e.